The van der Waals surface area contributed by atoms with Crippen LogP contribution >= 0.6 is 0 Å². The second-order valence-corrected chi connectivity index (χ2v) is 6.75. The zero-order valence-electron chi connectivity index (χ0n) is 14.4. The van der Waals surface area contributed by atoms with E-state index in [1.165, 1.54) is 18.4 Å². The van der Waals surface area contributed by atoms with Crippen molar-refractivity contribution in [2.75, 3.05) is 7.05 Å². The monoisotopic (exact) mass is 321 g/mol. The fourth-order valence-electron chi connectivity index (χ4n) is 3.61. The number of aliphatic hydroxyl groups is 1. The quantitative estimate of drug-likeness (QED) is 0.864. The van der Waals surface area contributed by atoms with Crippen LogP contribution in [0.1, 0.15) is 42.9 Å². The number of hydrogen-bond acceptors (Lipinski definition) is 2. The molecule has 1 aliphatic rings. The summed E-state index contributed by atoms with van der Waals surface area (Å²) in [4.78, 5) is 2.44. The summed E-state index contributed by atoms with van der Waals surface area (Å²) in [6.45, 7) is 0. The molecule has 3 atom stereocenters. The molecule has 1 fully saturated rings. The molecule has 2 heteroatoms. The largest absolute Gasteiger partial charge is 0.388 e. The summed E-state index contributed by atoms with van der Waals surface area (Å²) in [5, 5.41) is 10.5. The van der Waals surface area contributed by atoms with Crippen LogP contribution in [0, 0.1) is 0 Å². The zero-order valence-corrected chi connectivity index (χ0v) is 14.4. The van der Waals surface area contributed by atoms with Crippen LogP contribution in [0.2, 0.25) is 0 Å². The minimum atomic E-state index is -0.379. The molecule has 2 nitrogen and oxygen atoms in total. The van der Waals surface area contributed by atoms with Gasteiger partial charge in [0.15, 0.2) is 0 Å². The molecule has 0 bridgehead atoms. The van der Waals surface area contributed by atoms with Gasteiger partial charge >= 0.3 is 0 Å². The van der Waals surface area contributed by atoms with E-state index in [2.05, 4.69) is 48.4 Å². The van der Waals surface area contributed by atoms with Gasteiger partial charge in [-0.1, -0.05) is 79.2 Å². The van der Waals surface area contributed by atoms with Crippen molar-refractivity contribution in [3.8, 4) is 0 Å². The van der Waals surface area contributed by atoms with Crippen molar-refractivity contribution in [2.45, 2.75) is 43.9 Å². The molecule has 2 aromatic rings. The van der Waals surface area contributed by atoms with Gasteiger partial charge in [-0.3, -0.25) is 4.90 Å². The zero-order chi connectivity index (χ0) is 16.8. The normalized spacial score (nSPS) is 23.4. The lowest BCUT2D eigenvalue weighted by atomic mass is 9.90. The van der Waals surface area contributed by atoms with E-state index in [1.807, 2.05) is 36.4 Å². The maximum absolute atomic E-state index is 10.5. The minimum Gasteiger partial charge on any atom is -0.388 e. The van der Waals surface area contributed by atoms with Crippen LogP contribution in [-0.2, 0) is 0 Å². The highest BCUT2D eigenvalue weighted by atomic mass is 16.3. The minimum absolute atomic E-state index is 0.379. The first kappa shape index (κ1) is 16.9. The molecule has 1 N–H and O–H groups in total. The Kier molecular flexibility index (Phi) is 5.84. The number of likely N-dealkylation sites (N-methyl/N-ethyl adjacent to an activating group) is 1. The maximum atomic E-state index is 10.5. The molecule has 3 rings (SSSR count). The number of aliphatic hydroxyl groups excluding tert-OH is 1. The van der Waals surface area contributed by atoms with E-state index < -0.39 is 0 Å². The van der Waals surface area contributed by atoms with Crippen molar-refractivity contribution in [2.24, 2.45) is 0 Å². The second-order valence-electron chi connectivity index (χ2n) is 6.75. The van der Waals surface area contributed by atoms with Crippen LogP contribution in [0.5, 0.6) is 0 Å². The van der Waals surface area contributed by atoms with Crippen molar-refractivity contribution in [3.05, 3.63) is 77.9 Å². The van der Waals surface area contributed by atoms with E-state index in [4.69, 9.17) is 0 Å². The predicted octanol–water partition coefficient (Wildman–Crippen LogP) is 4.68. The fraction of sp³-hybridized carbons (Fsp3) is 0.364. The summed E-state index contributed by atoms with van der Waals surface area (Å²) in [6.07, 6.45) is 8.54. The van der Waals surface area contributed by atoms with Crippen molar-refractivity contribution in [1.82, 2.24) is 4.90 Å². The van der Waals surface area contributed by atoms with E-state index in [1.54, 1.807) is 0 Å². The molecule has 2 aromatic carbocycles. The van der Waals surface area contributed by atoms with Gasteiger partial charge in [0.05, 0.1) is 6.10 Å². The van der Waals surface area contributed by atoms with Gasteiger partial charge in [-0.2, -0.15) is 0 Å². The molecule has 0 aromatic heterocycles. The van der Waals surface area contributed by atoms with Gasteiger partial charge in [0, 0.05) is 12.1 Å². The molecule has 0 amide bonds. The highest BCUT2D eigenvalue weighted by molar-refractivity contribution is 5.49. The molecule has 1 heterocycles. The molecule has 0 aliphatic carbocycles. The molecule has 24 heavy (non-hydrogen) atoms. The lowest BCUT2D eigenvalue weighted by Gasteiger charge is -2.39. The van der Waals surface area contributed by atoms with Crippen molar-refractivity contribution >= 4 is 6.08 Å². The molecule has 0 spiro atoms. The van der Waals surface area contributed by atoms with Crippen molar-refractivity contribution in [1.29, 1.82) is 0 Å². The number of rotatable bonds is 5. The number of likely N-dealkylation sites (tertiary alicyclic amines) is 1. The van der Waals surface area contributed by atoms with Crippen molar-refractivity contribution in [3.63, 3.8) is 0 Å². The standard InChI is InChI=1S/C22H27NO/c1-23-20(16-15-18-9-4-2-5-10-18)13-8-14-21(23)17-22(24)19-11-6-3-7-12-19/h2-7,9-12,15-16,20-22,24H,8,13-14,17H2,1H3/t20-,21+,22-/m0/s1. The summed E-state index contributed by atoms with van der Waals surface area (Å²) in [6, 6.07) is 21.4. The molecular weight excluding hydrogens is 294 g/mol. The maximum Gasteiger partial charge on any atom is 0.0805 e. The average molecular weight is 321 g/mol. The number of hydrogen-bond donors (Lipinski definition) is 1. The van der Waals surface area contributed by atoms with Crippen LogP contribution < -0.4 is 0 Å². The van der Waals surface area contributed by atoms with E-state index in [0.29, 0.717) is 12.1 Å². The molecule has 1 aliphatic heterocycles. The van der Waals surface area contributed by atoms with Crippen LogP contribution in [0.15, 0.2) is 66.7 Å². The van der Waals surface area contributed by atoms with E-state index in [-0.39, 0.29) is 6.10 Å². The van der Waals surface area contributed by atoms with Crippen LogP contribution in [0.4, 0.5) is 0 Å². The van der Waals surface area contributed by atoms with Gasteiger partial charge in [-0.25, -0.2) is 0 Å². The number of nitrogens with zero attached hydrogens (tertiary/aromatic N) is 1. The van der Waals surface area contributed by atoms with Gasteiger partial charge in [0.1, 0.15) is 0 Å². The lowest BCUT2D eigenvalue weighted by Crippen LogP contribution is -2.43. The van der Waals surface area contributed by atoms with Gasteiger partial charge < -0.3 is 5.11 Å². The summed E-state index contributed by atoms with van der Waals surface area (Å²) >= 11 is 0. The first-order chi connectivity index (χ1) is 11.7. The summed E-state index contributed by atoms with van der Waals surface area (Å²) in [5.41, 5.74) is 2.27. The third kappa shape index (κ3) is 4.34. The average Bonchev–Trinajstić information content (AvgIpc) is 2.64. The van der Waals surface area contributed by atoms with Gasteiger partial charge in [0.2, 0.25) is 0 Å². The molecule has 0 unspecified atom stereocenters. The predicted molar refractivity (Wildman–Crippen MR) is 101 cm³/mol. The van der Waals surface area contributed by atoms with Crippen LogP contribution in [0.25, 0.3) is 6.08 Å². The molecule has 0 radical (unpaired) electrons. The smallest absolute Gasteiger partial charge is 0.0805 e. The Morgan fingerprint density at radius 1 is 1.04 bits per heavy atom. The molecule has 1 saturated heterocycles. The summed E-state index contributed by atoms with van der Waals surface area (Å²) < 4.78 is 0. The fourth-order valence-corrected chi connectivity index (χ4v) is 3.61. The summed E-state index contributed by atoms with van der Waals surface area (Å²) in [7, 11) is 2.20. The van der Waals surface area contributed by atoms with E-state index >= 15 is 0 Å². The Morgan fingerprint density at radius 2 is 1.71 bits per heavy atom. The van der Waals surface area contributed by atoms with E-state index in [0.717, 1.165) is 18.4 Å². The Bertz CT molecular complexity index is 638. The highest BCUT2D eigenvalue weighted by Crippen LogP contribution is 2.29. The van der Waals surface area contributed by atoms with Crippen LogP contribution in [-0.4, -0.2) is 29.1 Å². The Morgan fingerprint density at radius 3 is 2.42 bits per heavy atom. The Labute approximate surface area is 145 Å². The Hall–Kier alpha value is -1.90. The molecule has 0 saturated carbocycles. The van der Waals surface area contributed by atoms with Gasteiger partial charge in [0.25, 0.3) is 0 Å². The van der Waals surface area contributed by atoms with Gasteiger partial charge in [-0.15, -0.1) is 0 Å². The first-order valence-corrected chi connectivity index (χ1v) is 8.92. The van der Waals surface area contributed by atoms with Crippen molar-refractivity contribution < 1.29 is 5.11 Å². The molecular formula is C22H27NO. The Balaban J connectivity index is 1.62. The first-order valence-electron chi connectivity index (χ1n) is 8.92. The van der Waals surface area contributed by atoms with Gasteiger partial charge in [-0.05, 0) is 37.4 Å². The SMILES string of the molecule is CN1[C@@H](C[C@H](O)c2ccccc2)CCC[C@H]1C=Cc1ccccc1. The third-order valence-corrected chi connectivity index (χ3v) is 5.13. The van der Waals surface area contributed by atoms with Crippen LogP contribution in [0.3, 0.4) is 0 Å². The number of benzene rings is 2. The second kappa shape index (κ2) is 8.27. The molecule has 126 valence electrons. The lowest BCUT2D eigenvalue weighted by molar-refractivity contribution is 0.0762. The summed E-state index contributed by atoms with van der Waals surface area (Å²) in [5.74, 6) is 0. The highest BCUT2D eigenvalue weighted by Gasteiger charge is 2.27. The van der Waals surface area contributed by atoms with E-state index in [9.17, 15) is 5.11 Å². The topological polar surface area (TPSA) is 23.5 Å². The third-order valence-electron chi connectivity index (χ3n) is 5.13. The number of piperidine rings is 1.